The van der Waals surface area contributed by atoms with Crippen molar-refractivity contribution in [3.8, 4) is 11.5 Å². The summed E-state index contributed by atoms with van der Waals surface area (Å²) in [5.74, 6) is 0.693. The Hall–Kier alpha value is -1.77. The van der Waals surface area contributed by atoms with Crippen LogP contribution in [0.1, 0.15) is 51.0 Å². The van der Waals surface area contributed by atoms with Crippen LogP contribution >= 0.6 is 0 Å². The first-order chi connectivity index (χ1) is 9.90. The van der Waals surface area contributed by atoms with Crippen LogP contribution in [-0.2, 0) is 6.42 Å². The van der Waals surface area contributed by atoms with Crippen LogP contribution in [0.2, 0.25) is 0 Å². The molecule has 20 heavy (non-hydrogen) atoms. The summed E-state index contributed by atoms with van der Waals surface area (Å²) in [6, 6.07) is 5.98. The second kappa shape index (κ2) is 8.41. The lowest BCUT2D eigenvalue weighted by Crippen LogP contribution is -1.92. The van der Waals surface area contributed by atoms with Crippen LogP contribution < -0.4 is 0 Å². The molecule has 2 rings (SSSR count). The van der Waals surface area contributed by atoms with Gasteiger partial charge in [-0.2, -0.15) is 0 Å². The molecule has 0 saturated carbocycles. The Morgan fingerprint density at radius 2 is 1.60 bits per heavy atom. The zero-order valence-electron chi connectivity index (χ0n) is 12.3. The van der Waals surface area contributed by atoms with Gasteiger partial charge in [-0.1, -0.05) is 45.1 Å². The van der Waals surface area contributed by atoms with Crippen LogP contribution in [0.3, 0.4) is 0 Å². The highest BCUT2D eigenvalue weighted by Gasteiger charge is 2.01. The minimum Gasteiger partial charge on any atom is -0.253 e. The lowest BCUT2D eigenvalue weighted by molar-refractivity contribution is 0.607. The number of nitrogens with zero attached hydrogens (tertiary/aromatic N) is 3. The molecule has 2 heterocycles. The maximum Gasteiger partial charge on any atom is 0.178 e. The normalized spacial score (nSPS) is 10.7. The summed E-state index contributed by atoms with van der Waals surface area (Å²) in [6.45, 7) is 2.25. The van der Waals surface area contributed by atoms with Gasteiger partial charge >= 0.3 is 0 Å². The number of aromatic nitrogens is 3. The molecular formula is C17H23N3. The molecule has 3 heteroatoms. The average molecular weight is 269 g/mol. The Labute approximate surface area is 121 Å². The zero-order chi connectivity index (χ0) is 14.0. The molecule has 2 aromatic rings. The van der Waals surface area contributed by atoms with E-state index in [9.17, 15) is 0 Å². The van der Waals surface area contributed by atoms with Gasteiger partial charge in [0.1, 0.15) is 5.69 Å². The third-order valence-electron chi connectivity index (χ3n) is 3.44. The van der Waals surface area contributed by atoms with Gasteiger partial charge in [-0.25, -0.2) is 9.97 Å². The number of pyridine rings is 1. The SMILES string of the molecule is CCCCCCCCc1ccc(-c2ncccn2)nc1. The van der Waals surface area contributed by atoms with E-state index in [0.717, 1.165) is 12.1 Å². The minimum absolute atomic E-state index is 0.693. The molecule has 0 aliphatic carbocycles. The van der Waals surface area contributed by atoms with E-state index in [1.54, 1.807) is 12.4 Å². The fraction of sp³-hybridized carbons (Fsp3) is 0.471. The highest BCUT2D eigenvalue weighted by Crippen LogP contribution is 2.13. The van der Waals surface area contributed by atoms with Crippen LogP contribution in [-0.4, -0.2) is 15.0 Å². The molecule has 0 aliphatic heterocycles. The van der Waals surface area contributed by atoms with E-state index < -0.39 is 0 Å². The monoisotopic (exact) mass is 269 g/mol. The molecular weight excluding hydrogens is 246 g/mol. The molecule has 0 fully saturated rings. The van der Waals surface area contributed by atoms with Crippen molar-refractivity contribution >= 4 is 0 Å². The van der Waals surface area contributed by atoms with Gasteiger partial charge in [-0.05, 0) is 30.5 Å². The number of rotatable bonds is 8. The zero-order valence-corrected chi connectivity index (χ0v) is 12.3. The average Bonchev–Trinajstić information content (AvgIpc) is 2.52. The van der Waals surface area contributed by atoms with Gasteiger partial charge in [0, 0.05) is 18.6 Å². The Morgan fingerprint density at radius 3 is 2.30 bits per heavy atom. The van der Waals surface area contributed by atoms with Crippen LogP contribution in [0.15, 0.2) is 36.8 Å². The Bertz CT molecular complexity index is 479. The summed E-state index contributed by atoms with van der Waals surface area (Å²) in [7, 11) is 0. The van der Waals surface area contributed by atoms with Crippen molar-refractivity contribution in [1.82, 2.24) is 15.0 Å². The lowest BCUT2D eigenvalue weighted by atomic mass is 10.1. The fourth-order valence-corrected chi connectivity index (χ4v) is 2.25. The molecule has 0 radical (unpaired) electrons. The number of unbranched alkanes of at least 4 members (excludes halogenated alkanes) is 5. The largest absolute Gasteiger partial charge is 0.253 e. The standard InChI is InChI=1S/C17H23N3/c1-2-3-4-5-6-7-9-15-10-11-16(20-14-15)17-18-12-8-13-19-17/h8,10-14H,2-7,9H2,1H3. The first-order valence-electron chi connectivity index (χ1n) is 7.62. The van der Waals surface area contributed by atoms with Gasteiger partial charge in [0.2, 0.25) is 0 Å². The number of hydrogen-bond acceptors (Lipinski definition) is 3. The first kappa shape index (κ1) is 14.6. The van der Waals surface area contributed by atoms with Gasteiger partial charge in [-0.15, -0.1) is 0 Å². The third kappa shape index (κ3) is 4.72. The van der Waals surface area contributed by atoms with Gasteiger partial charge in [0.25, 0.3) is 0 Å². The molecule has 0 aliphatic rings. The fourth-order valence-electron chi connectivity index (χ4n) is 2.25. The summed E-state index contributed by atoms with van der Waals surface area (Å²) in [5, 5.41) is 0. The second-order valence-electron chi connectivity index (χ2n) is 5.14. The van der Waals surface area contributed by atoms with Crippen molar-refractivity contribution in [1.29, 1.82) is 0 Å². The van der Waals surface area contributed by atoms with Crippen LogP contribution in [0.25, 0.3) is 11.5 Å². The van der Waals surface area contributed by atoms with Gasteiger partial charge in [0.05, 0.1) is 0 Å². The molecule has 0 unspecified atom stereocenters. The van der Waals surface area contributed by atoms with E-state index >= 15 is 0 Å². The Kier molecular flexibility index (Phi) is 6.15. The molecule has 3 nitrogen and oxygen atoms in total. The third-order valence-corrected chi connectivity index (χ3v) is 3.44. The smallest absolute Gasteiger partial charge is 0.178 e. The van der Waals surface area contributed by atoms with Crippen molar-refractivity contribution < 1.29 is 0 Å². The maximum atomic E-state index is 4.45. The quantitative estimate of drug-likeness (QED) is 0.665. The van der Waals surface area contributed by atoms with Gasteiger partial charge < -0.3 is 0 Å². The van der Waals surface area contributed by atoms with E-state index in [2.05, 4.69) is 27.9 Å². The summed E-state index contributed by atoms with van der Waals surface area (Å²) in [5.41, 5.74) is 2.15. The molecule has 0 N–H and O–H groups in total. The van der Waals surface area contributed by atoms with Crippen LogP contribution in [0, 0.1) is 0 Å². The first-order valence-corrected chi connectivity index (χ1v) is 7.62. The predicted octanol–water partition coefficient (Wildman–Crippen LogP) is 4.44. The highest BCUT2D eigenvalue weighted by molar-refractivity contribution is 5.48. The van der Waals surface area contributed by atoms with Crippen molar-refractivity contribution in [3.63, 3.8) is 0 Å². The van der Waals surface area contributed by atoms with E-state index in [0.29, 0.717) is 5.82 Å². The van der Waals surface area contributed by atoms with Crippen LogP contribution in [0.5, 0.6) is 0 Å². The minimum atomic E-state index is 0.693. The second-order valence-corrected chi connectivity index (χ2v) is 5.14. The van der Waals surface area contributed by atoms with E-state index in [1.165, 1.54) is 44.1 Å². The van der Waals surface area contributed by atoms with E-state index in [4.69, 9.17) is 0 Å². The Balaban J connectivity index is 1.77. The Morgan fingerprint density at radius 1 is 0.850 bits per heavy atom. The predicted molar refractivity (Wildman–Crippen MR) is 82.3 cm³/mol. The highest BCUT2D eigenvalue weighted by atomic mass is 14.9. The summed E-state index contributed by atoms with van der Waals surface area (Å²) < 4.78 is 0. The number of aryl methyl sites for hydroxylation is 1. The van der Waals surface area contributed by atoms with Gasteiger partial charge in [-0.3, -0.25) is 4.98 Å². The molecule has 0 aromatic carbocycles. The molecule has 0 amide bonds. The summed E-state index contributed by atoms with van der Waals surface area (Å²) in [4.78, 5) is 12.9. The van der Waals surface area contributed by atoms with Crippen molar-refractivity contribution in [2.24, 2.45) is 0 Å². The van der Waals surface area contributed by atoms with E-state index in [-0.39, 0.29) is 0 Å². The molecule has 106 valence electrons. The topological polar surface area (TPSA) is 38.7 Å². The maximum absolute atomic E-state index is 4.45. The van der Waals surface area contributed by atoms with Crippen molar-refractivity contribution in [2.45, 2.75) is 51.9 Å². The van der Waals surface area contributed by atoms with Gasteiger partial charge in [0.15, 0.2) is 5.82 Å². The van der Waals surface area contributed by atoms with E-state index in [1.807, 2.05) is 18.3 Å². The molecule has 0 atom stereocenters. The summed E-state index contributed by atoms with van der Waals surface area (Å²) >= 11 is 0. The summed E-state index contributed by atoms with van der Waals surface area (Å²) in [6.07, 6.45) is 14.6. The lowest BCUT2D eigenvalue weighted by Gasteiger charge is -2.03. The molecule has 0 saturated heterocycles. The van der Waals surface area contributed by atoms with Crippen molar-refractivity contribution in [2.75, 3.05) is 0 Å². The molecule has 0 spiro atoms. The number of hydrogen-bond donors (Lipinski definition) is 0. The molecule has 0 bridgehead atoms. The molecule has 2 aromatic heterocycles. The van der Waals surface area contributed by atoms with Crippen molar-refractivity contribution in [3.05, 3.63) is 42.4 Å². The van der Waals surface area contributed by atoms with Crippen LogP contribution in [0.4, 0.5) is 0 Å².